The van der Waals surface area contributed by atoms with Crippen LogP contribution in [0.4, 0.5) is 9.18 Å². The van der Waals surface area contributed by atoms with Gasteiger partial charge in [-0.05, 0) is 50.6 Å². The van der Waals surface area contributed by atoms with Gasteiger partial charge in [0.2, 0.25) is 0 Å². The highest BCUT2D eigenvalue weighted by atomic mass is 19.1. The van der Waals surface area contributed by atoms with E-state index < -0.39 is 5.54 Å². The van der Waals surface area contributed by atoms with Crippen LogP contribution in [0.1, 0.15) is 44.5 Å². The third-order valence-electron chi connectivity index (χ3n) is 6.55. The number of nitrogens with one attached hydrogen (secondary N) is 1. The SMILES string of the molecule is Cn1cccc1C1=NN(C(=O)CN(CCN2CCOCC2)C(=O)NC(C)(C)C)C(c2ccc(F)cc2)C1. The van der Waals surface area contributed by atoms with Gasteiger partial charge in [-0.2, -0.15) is 5.10 Å². The van der Waals surface area contributed by atoms with E-state index in [-0.39, 0.29) is 30.3 Å². The fourth-order valence-electron chi connectivity index (χ4n) is 4.58. The Morgan fingerprint density at radius 3 is 2.49 bits per heavy atom. The molecule has 3 amide bonds. The van der Waals surface area contributed by atoms with Gasteiger partial charge >= 0.3 is 6.03 Å². The van der Waals surface area contributed by atoms with E-state index >= 15 is 0 Å². The second-order valence-corrected chi connectivity index (χ2v) is 10.6. The second kappa shape index (κ2) is 11.4. The monoisotopic (exact) mass is 512 g/mol. The Bertz CT molecular complexity index is 1120. The Labute approximate surface area is 217 Å². The van der Waals surface area contributed by atoms with Gasteiger partial charge in [-0.15, -0.1) is 0 Å². The number of carbonyl (C=O) groups excluding carboxylic acids is 2. The maximum atomic E-state index is 13.7. The van der Waals surface area contributed by atoms with Crippen molar-refractivity contribution in [2.75, 3.05) is 45.9 Å². The summed E-state index contributed by atoms with van der Waals surface area (Å²) in [5, 5.41) is 9.15. The number of benzene rings is 1. The molecule has 0 aliphatic carbocycles. The molecule has 2 aliphatic heterocycles. The lowest BCUT2D eigenvalue weighted by Gasteiger charge is -2.32. The van der Waals surface area contributed by atoms with E-state index in [0.717, 1.165) is 30.1 Å². The topological polar surface area (TPSA) is 82.4 Å². The molecule has 0 radical (unpaired) electrons. The van der Waals surface area contributed by atoms with Gasteiger partial charge in [-0.25, -0.2) is 14.2 Å². The van der Waals surface area contributed by atoms with Crippen LogP contribution in [-0.2, 0) is 16.6 Å². The molecular formula is C27H37FN6O3. The quantitative estimate of drug-likeness (QED) is 0.619. The molecule has 2 aliphatic rings. The summed E-state index contributed by atoms with van der Waals surface area (Å²) in [4.78, 5) is 30.7. The molecule has 10 heteroatoms. The molecule has 1 aromatic carbocycles. The molecule has 37 heavy (non-hydrogen) atoms. The zero-order valence-corrected chi connectivity index (χ0v) is 22.1. The summed E-state index contributed by atoms with van der Waals surface area (Å²) in [5.41, 5.74) is 2.03. The zero-order chi connectivity index (χ0) is 26.6. The molecule has 0 spiro atoms. The molecule has 1 atom stereocenters. The minimum absolute atomic E-state index is 0.117. The van der Waals surface area contributed by atoms with Crippen LogP contribution < -0.4 is 5.32 Å². The van der Waals surface area contributed by atoms with Gasteiger partial charge in [0.25, 0.3) is 5.91 Å². The first-order valence-corrected chi connectivity index (χ1v) is 12.7. The van der Waals surface area contributed by atoms with Crippen molar-refractivity contribution in [3.63, 3.8) is 0 Å². The Balaban J connectivity index is 1.56. The van der Waals surface area contributed by atoms with Crippen LogP contribution in [-0.4, -0.2) is 88.5 Å². The fourth-order valence-corrected chi connectivity index (χ4v) is 4.58. The summed E-state index contributed by atoms with van der Waals surface area (Å²) in [7, 11) is 1.93. The number of morpholine rings is 1. The number of hydrazone groups is 1. The number of hydrogen-bond donors (Lipinski definition) is 1. The average molecular weight is 513 g/mol. The first-order valence-electron chi connectivity index (χ1n) is 12.7. The third kappa shape index (κ3) is 6.95. The van der Waals surface area contributed by atoms with Crippen LogP contribution in [0.15, 0.2) is 47.7 Å². The molecular weight excluding hydrogens is 475 g/mol. The maximum Gasteiger partial charge on any atom is 0.318 e. The first kappa shape index (κ1) is 26.8. The first-order chi connectivity index (χ1) is 17.6. The number of amides is 3. The summed E-state index contributed by atoms with van der Waals surface area (Å²) < 4.78 is 21.0. The van der Waals surface area contributed by atoms with E-state index in [2.05, 4.69) is 10.2 Å². The number of halogens is 1. The minimum atomic E-state index is -0.445. The predicted molar refractivity (Wildman–Crippen MR) is 140 cm³/mol. The number of carbonyl (C=O) groups is 2. The summed E-state index contributed by atoms with van der Waals surface area (Å²) in [6.45, 7) is 9.58. The molecule has 1 N–H and O–H groups in total. The Morgan fingerprint density at radius 2 is 1.86 bits per heavy atom. The summed E-state index contributed by atoms with van der Waals surface area (Å²) in [6, 6.07) is 9.37. The largest absolute Gasteiger partial charge is 0.379 e. The second-order valence-electron chi connectivity index (χ2n) is 10.6. The molecule has 1 aromatic heterocycles. The number of aromatic nitrogens is 1. The molecule has 200 valence electrons. The maximum absolute atomic E-state index is 13.7. The van der Waals surface area contributed by atoms with E-state index in [9.17, 15) is 14.0 Å². The van der Waals surface area contributed by atoms with Crippen molar-refractivity contribution >= 4 is 17.6 Å². The van der Waals surface area contributed by atoms with Gasteiger partial charge in [-0.1, -0.05) is 12.1 Å². The van der Waals surface area contributed by atoms with E-state index in [1.165, 1.54) is 17.1 Å². The van der Waals surface area contributed by atoms with E-state index in [1.54, 1.807) is 17.0 Å². The lowest BCUT2D eigenvalue weighted by molar-refractivity contribution is -0.133. The molecule has 1 unspecified atom stereocenters. The fraction of sp³-hybridized carbons (Fsp3) is 0.519. The van der Waals surface area contributed by atoms with Crippen LogP contribution in [0.2, 0.25) is 0 Å². The van der Waals surface area contributed by atoms with Crippen molar-refractivity contribution in [3.8, 4) is 0 Å². The third-order valence-corrected chi connectivity index (χ3v) is 6.55. The van der Waals surface area contributed by atoms with E-state index in [1.807, 2.05) is 50.7 Å². The number of hydrogen-bond acceptors (Lipinski definition) is 5. The van der Waals surface area contributed by atoms with Crippen LogP contribution >= 0.6 is 0 Å². The number of aryl methyl sites for hydroxylation is 1. The van der Waals surface area contributed by atoms with Gasteiger partial charge in [-0.3, -0.25) is 9.69 Å². The number of urea groups is 1. The Morgan fingerprint density at radius 1 is 1.16 bits per heavy atom. The normalized spacial score (nSPS) is 18.6. The highest BCUT2D eigenvalue weighted by Gasteiger charge is 2.35. The predicted octanol–water partition coefficient (Wildman–Crippen LogP) is 2.98. The Kier molecular flexibility index (Phi) is 8.29. The van der Waals surface area contributed by atoms with Gasteiger partial charge < -0.3 is 19.5 Å². The zero-order valence-electron chi connectivity index (χ0n) is 22.1. The molecule has 9 nitrogen and oxygen atoms in total. The standard InChI is InChI=1S/C27H37FN6O3/c1-27(2,3)29-26(36)33(13-12-32-14-16-37-17-15-32)19-25(35)34-24(20-7-9-21(28)10-8-20)18-22(30-34)23-6-5-11-31(23)4/h5-11,24H,12-19H2,1-4H3,(H,29,36). The summed E-state index contributed by atoms with van der Waals surface area (Å²) in [5.74, 6) is -0.624. The van der Waals surface area contributed by atoms with Crippen molar-refractivity contribution in [1.29, 1.82) is 0 Å². The van der Waals surface area contributed by atoms with Gasteiger partial charge in [0.05, 0.1) is 30.7 Å². The van der Waals surface area contributed by atoms with E-state index in [4.69, 9.17) is 9.84 Å². The van der Waals surface area contributed by atoms with Gasteiger partial charge in [0.15, 0.2) is 0 Å². The Hall–Kier alpha value is -3.24. The molecule has 1 fully saturated rings. The highest BCUT2D eigenvalue weighted by Crippen LogP contribution is 2.33. The molecule has 2 aromatic rings. The number of ether oxygens (including phenoxy) is 1. The van der Waals surface area contributed by atoms with Crippen LogP contribution in [0.5, 0.6) is 0 Å². The smallest absolute Gasteiger partial charge is 0.318 e. The molecule has 0 saturated carbocycles. The van der Waals surface area contributed by atoms with E-state index in [0.29, 0.717) is 32.7 Å². The van der Waals surface area contributed by atoms with Gasteiger partial charge in [0.1, 0.15) is 12.4 Å². The minimum Gasteiger partial charge on any atom is -0.379 e. The molecule has 0 bridgehead atoms. The van der Waals surface area contributed by atoms with Crippen LogP contribution in [0, 0.1) is 5.82 Å². The van der Waals surface area contributed by atoms with Crippen molar-refractivity contribution in [3.05, 3.63) is 59.7 Å². The van der Waals surface area contributed by atoms with Crippen molar-refractivity contribution in [1.82, 2.24) is 24.7 Å². The van der Waals surface area contributed by atoms with Crippen LogP contribution in [0.25, 0.3) is 0 Å². The lowest BCUT2D eigenvalue weighted by atomic mass is 10.0. The molecule has 3 heterocycles. The van der Waals surface area contributed by atoms with Gasteiger partial charge in [0, 0.05) is 51.4 Å². The molecule has 4 rings (SSSR count). The summed E-state index contributed by atoms with van der Waals surface area (Å²) in [6.07, 6.45) is 2.43. The van der Waals surface area contributed by atoms with Crippen molar-refractivity contribution in [2.45, 2.75) is 38.8 Å². The molecule has 1 saturated heterocycles. The highest BCUT2D eigenvalue weighted by molar-refractivity contribution is 6.02. The summed E-state index contributed by atoms with van der Waals surface area (Å²) >= 11 is 0. The lowest BCUT2D eigenvalue weighted by Crippen LogP contribution is -2.53. The van der Waals surface area contributed by atoms with Crippen molar-refractivity contribution < 1.29 is 18.7 Å². The number of nitrogens with zero attached hydrogens (tertiary/aromatic N) is 5. The number of rotatable bonds is 7. The van der Waals surface area contributed by atoms with Crippen molar-refractivity contribution in [2.24, 2.45) is 12.1 Å². The van der Waals surface area contributed by atoms with Crippen LogP contribution in [0.3, 0.4) is 0 Å². The average Bonchev–Trinajstić information content (AvgIpc) is 3.48.